The minimum Gasteiger partial charge on any atom is -0.298 e. The van der Waals surface area contributed by atoms with Crippen molar-refractivity contribution in [1.29, 1.82) is 5.26 Å². The van der Waals surface area contributed by atoms with Crippen molar-refractivity contribution in [3.63, 3.8) is 0 Å². The molecule has 0 saturated carbocycles. The normalized spacial score (nSPS) is 12.1. The fourth-order valence-electron chi connectivity index (χ4n) is 0.708. The smallest absolute Gasteiger partial charge is 0.149 e. The van der Waals surface area contributed by atoms with Crippen molar-refractivity contribution in [2.24, 2.45) is 5.92 Å². The Hall–Kier alpha value is -0.490. The van der Waals surface area contributed by atoms with Crippen LogP contribution < -0.4 is 0 Å². The first kappa shape index (κ1) is 10.5. The molecule has 0 spiro atoms. The summed E-state index contributed by atoms with van der Waals surface area (Å²) >= 11 is 1.73. The third kappa shape index (κ3) is 4.86. The molecule has 0 aromatic carbocycles. The lowest BCUT2D eigenvalue weighted by Crippen LogP contribution is -2.10. The third-order valence-electron chi connectivity index (χ3n) is 1.56. The van der Waals surface area contributed by atoms with Crippen LogP contribution in [0.5, 0.6) is 0 Å². The molecule has 0 aliphatic carbocycles. The molecule has 0 aromatic rings. The molecule has 62 valence electrons. The first-order chi connectivity index (χ1) is 5.22. The molecule has 3 heteroatoms. The zero-order chi connectivity index (χ0) is 8.69. The van der Waals surface area contributed by atoms with Gasteiger partial charge in [-0.15, -0.1) is 0 Å². The predicted molar refractivity (Wildman–Crippen MR) is 47.4 cm³/mol. The van der Waals surface area contributed by atoms with Gasteiger partial charge in [-0.05, 0) is 18.4 Å². The van der Waals surface area contributed by atoms with E-state index in [9.17, 15) is 4.79 Å². The fraction of sp³-hybridized carbons (Fsp3) is 0.750. The second kappa shape index (κ2) is 6.23. The summed E-state index contributed by atoms with van der Waals surface area (Å²) in [5, 5.41) is 8.23. The number of carbonyl (C=O) groups excluding carboxylic acids is 1. The molecule has 0 radical (unpaired) electrons. The van der Waals surface area contributed by atoms with Crippen LogP contribution in [0.4, 0.5) is 0 Å². The summed E-state index contributed by atoms with van der Waals surface area (Å²) in [5.74, 6) is 1.13. The van der Waals surface area contributed by atoms with Gasteiger partial charge in [-0.1, -0.05) is 6.92 Å². The van der Waals surface area contributed by atoms with E-state index in [1.54, 1.807) is 11.8 Å². The number of rotatable bonds is 5. The second-order valence-electron chi connectivity index (χ2n) is 2.48. The van der Waals surface area contributed by atoms with E-state index < -0.39 is 0 Å². The van der Waals surface area contributed by atoms with Crippen LogP contribution in [-0.4, -0.2) is 17.8 Å². The van der Waals surface area contributed by atoms with Gasteiger partial charge in [0.1, 0.15) is 5.78 Å². The van der Waals surface area contributed by atoms with E-state index in [0.29, 0.717) is 0 Å². The lowest BCUT2D eigenvalue weighted by Gasteiger charge is -2.05. The van der Waals surface area contributed by atoms with Crippen LogP contribution in [0.15, 0.2) is 0 Å². The average Bonchev–Trinajstić information content (AvgIpc) is 2.00. The summed E-state index contributed by atoms with van der Waals surface area (Å²) < 4.78 is 0. The van der Waals surface area contributed by atoms with Crippen LogP contribution in [0.1, 0.15) is 19.8 Å². The molecule has 2 nitrogen and oxygen atoms in total. The van der Waals surface area contributed by atoms with Crippen LogP contribution in [0, 0.1) is 17.2 Å². The summed E-state index contributed by atoms with van der Waals surface area (Å²) in [6.45, 7) is 1.88. The van der Waals surface area contributed by atoms with Crippen LogP contribution in [0.3, 0.4) is 0 Å². The van der Waals surface area contributed by atoms with Gasteiger partial charge in [-0.25, -0.2) is 0 Å². The number of carbonyl (C=O) groups is 1. The van der Waals surface area contributed by atoms with Gasteiger partial charge in [0.25, 0.3) is 0 Å². The Morgan fingerprint density at radius 3 is 2.82 bits per heavy atom. The average molecular weight is 171 g/mol. The number of hydrogen-bond acceptors (Lipinski definition) is 3. The molecule has 1 unspecified atom stereocenters. The number of ketones is 1. The van der Waals surface area contributed by atoms with Crippen molar-refractivity contribution >= 4 is 17.5 Å². The Kier molecular flexibility index (Phi) is 5.96. The number of nitrogens with zero attached hydrogens (tertiary/aromatic N) is 1. The maximum Gasteiger partial charge on any atom is 0.149 e. The van der Waals surface area contributed by atoms with Crippen molar-refractivity contribution < 1.29 is 4.79 Å². The highest BCUT2D eigenvalue weighted by atomic mass is 32.2. The maximum atomic E-state index is 11.0. The highest BCUT2D eigenvalue weighted by Gasteiger charge is 2.10. The molecule has 0 N–H and O–H groups in total. The Morgan fingerprint density at radius 2 is 2.36 bits per heavy atom. The standard InChI is InChI=1S/C8H13NOS/c1-7(4-6-11-2)8(10)3-5-9/h7H,3-4,6H2,1-2H3. The van der Waals surface area contributed by atoms with Crippen molar-refractivity contribution in [3.05, 3.63) is 0 Å². The van der Waals surface area contributed by atoms with E-state index in [2.05, 4.69) is 0 Å². The molecule has 11 heavy (non-hydrogen) atoms. The zero-order valence-electron chi connectivity index (χ0n) is 6.96. The lowest BCUT2D eigenvalue weighted by atomic mass is 10.0. The van der Waals surface area contributed by atoms with Gasteiger partial charge < -0.3 is 0 Å². The molecular weight excluding hydrogens is 158 g/mol. The molecule has 0 amide bonds. The van der Waals surface area contributed by atoms with Gasteiger partial charge in [0, 0.05) is 5.92 Å². The van der Waals surface area contributed by atoms with Crippen LogP contribution in [-0.2, 0) is 4.79 Å². The van der Waals surface area contributed by atoms with E-state index in [1.165, 1.54) is 0 Å². The Morgan fingerprint density at radius 1 is 1.73 bits per heavy atom. The van der Waals surface area contributed by atoms with Gasteiger partial charge in [0.05, 0.1) is 12.5 Å². The summed E-state index contributed by atoms with van der Waals surface area (Å²) in [4.78, 5) is 11.0. The van der Waals surface area contributed by atoms with Crippen molar-refractivity contribution in [3.8, 4) is 6.07 Å². The summed E-state index contributed by atoms with van der Waals surface area (Å²) in [6.07, 6.45) is 2.97. The molecule has 0 aliphatic heterocycles. The van der Waals surface area contributed by atoms with E-state index in [1.807, 2.05) is 19.2 Å². The van der Waals surface area contributed by atoms with E-state index in [4.69, 9.17) is 5.26 Å². The molecule has 0 saturated heterocycles. The van der Waals surface area contributed by atoms with E-state index in [0.717, 1.165) is 12.2 Å². The Balaban J connectivity index is 3.57. The van der Waals surface area contributed by atoms with Gasteiger partial charge in [0.15, 0.2) is 0 Å². The lowest BCUT2D eigenvalue weighted by molar-refractivity contribution is -0.121. The largest absolute Gasteiger partial charge is 0.298 e. The maximum absolute atomic E-state index is 11.0. The quantitative estimate of drug-likeness (QED) is 0.634. The molecule has 0 fully saturated rings. The van der Waals surface area contributed by atoms with Crippen LogP contribution in [0.25, 0.3) is 0 Å². The highest BCUT2D eigenvalue weighted by molar-refractivity contribution is 7.98. The van der Waals surface area contributed by atoms with Crippen molar-refractivity contribution in [2.45, 2.75) is 19.8 Å². The topological polar surface area (TPSA) is 40.9 Å². The first-order valence-corrected chi connectivity index (χ1v) is 5.00. The SMILES string of the molecule is CSCCC(C)C(=O)CC#N. The minimum absolute atomic E-state index is 0.0575. The van der Waals surface area contributed by atoms with Crippen molar-refractivity contribution in [1.82, 2.24) is 0 Å². The molecule has 0 bridgehead atoms. The number of nitriles is 1. The van der Waals surface area contributed by atoms with Gasteiger partial charge in [-0.2, -0.15) is 17.0 Å². The summed E-state index contributed by atoms with van der Waals surface area (Å²) in [7, 11) is 0. The Bertz CT molecular complexity index is 162. The number of hydrogen-bond donors (Lipinski definition) is 0. The molecule has 0 heterocycles. The zero-order valence-corrected chi connectivity index (χ0v) is 7.78. The van der Waals surface area contributed by atoms with E-state index in [-0.39, 0.29) is 18.1 Å². The fourth-order valence-corrected chi connectivity index (χ4v) is 1.30. The minimum atomic E-state index is 0.0575. The van der Waals surface area contributed by atoms with Crippen LogP contribution in [0.2, 0.25) is 0 Å². The molecule has 0 rings (SSSR count). The monoisotopic (exact) mass is 171 g/mol. The molecule has 0 aromatic heterocycles. The molecular formula is C8H13NOS. The van der Waals surface area contributed by atoms with Gasteiger partial charge >= 0.3 is 0 Å². The van der Waals surface area contributed by atoms with Crippen molar-refractivity contribution in [2.75, 3.05) is 12.0 Å². The third-order valence-corrected chi connectivity index (χ3v) is 2.20. The number of Topliss-reactive ketones (excluding diaryl/α,β-unsaturated/α-hetero) is 1. The highest BCUT2D eigenvalue weighted by Crippen LogP contribution is 2.09. The molecule has 1 atom stereocenters. The first-order valence-electron chi connectivity index (χ1n) is 3.61. The summed E-state index contributed by atoms with van der Waals surface area (Å²) in [5.41, 5.74) is 0. The number of thioether (sulfide) groups is 1. The van der Waals surface area contributed by atoms with Crippen LogP contribution >= 0.6 is 11.8 Å². The Labute approximate surface area is 72.0 Å². The predicted octanol–water partition coefficient (Wildman–Crippen LogP) is 1.86. The second-order valence-corrected chi connectivity index (χ2v) is 3.47. The van der Waals surface area contributed by atoms with Gasteiger partial charge in [0.2, 0.25) is 0 Å². The van der Waals surface area contributed by atoms with E-state index >= 15 is 0 Å². The molecule has 0 aliphatic rings. The summed E-state index contributed by atoms with van der Waals surface area (Å²) in [6, 6.07) is 1.87. The van der Waals surface area contributed by atoms with Gasteiger partial charge in [-0.3, -0.25) is 4.79 Å².